The summed E-state index contributed by atoms with van der Waals surface area (Å²) in [5.74, 6) is -1.42. The third-order valence-corrected chi connectivity index (χ3v) is 1.23. The Morgan fingerprint density at radius 2 is 1.93 bits per heavy atom. The molecule has 0 aromatic heterocycles. The number of esters is 1. The minimum atomic E-state index is -1.08. The van der Waals surface area contributed by atoms with E-state index < -0.39 is 5.97 Å². The van der Waals surface area contributed by atoms with Gasteiger partial charge < -0.3 is 19.5 Å². The molecule has 0 saturated heterocycles. The molecule has 1 N–H and O–H groups in total. The van der Waals surface area contributed by atoms with E-state index in [0.717, 1.165) is 19.9 Å². The van der Waals surface area contributed by atoms with Crippen LogP contribution in [0.4, 0.5) is 0 Å². The topological polar surface area (TPSA) is 70.9 Å². The molecule has 0 saturated carbocycles. The average Bonchev–Trinajstić information content (AvgIpc) is 2.10. The lowest BCUT2D eigenvalue weighted by Crippen LogP contribution is -3.05. The molecule has 0 aromatic carbocycles. The summed E-state index contributed by atoms with van der Waals surface area (Å²) in [6, 6.07) is 0. The fourth-order valence-corrected chi connectivity index (χ4v) is 0.657. The van der Waals surface area contributed by atoms with Crippen molar-refractivity contribution in [3.8, 4) is 0 Å². The summed E-state index contributed by atoms with van der Waals surface area (Å²) >= 11 is 0. The maximum Gasteiger partial charge on any atom is 0.330 e. The molecule has 0 fully saturated rings. The quantitative estimate of drug-likeness (QED) is 0.329. The van der Waals surface area contributed by atoms with Crippen molar-refractivity contribution in [3.05, 3.63) is 12.7 Å². The van der Waals surface area contributed by atoms with Gasteiger partial charge in [0.2, 0.25) is 0 Å². The first-order valence-electron chi connectivity index (χ1n) is 4.66. The van der Waals surface area contributed by atoms with Crippen molar-refractivity contribution in [1.82, 2.24) is 0 Å². The Bertz CT molecular complexity index is 198. The number of nitrogens with one attached hydrogen (secondary N) is 1. The van der Waals surface area contributed by atoms with Crippen LogP contribution in [-0.4, -0.2) is 39.2 Å². The lowest BCUT2D eigenvalue weighted by molar-refractivity contribution is -0.858. The molecule has 0 aliphatic heterocycles. The van der Waals surface area contributed by atoms with E-state index in [9.17, 15) is 4.79 Å². The zero-order valence-corrected chi connectivity index (χ0v) is 9.54. The van der Waals surface area contributed by atoms with E-state index in [0.29, 0.717) is 6.61 Å². The van der Waals surface area contributed by atoms with E-state index in [1.54, 1.807) is 0 Å². The van der Waals surface area contributed by atoms with Crippen molar-refractivity contribution in [2.24, 2.45) is 0 Å². The normalized spacial score (nSPS) is 8.80. The van der Waals surface area contributed by atoms with Gasteiger partial charge in [0.15, 0.2) is 0 Å². The third kappa shape index (κ3) is 24.5. The Hall–Kier alpha value is -1.36. The van der Waals surface area contributed by atoms with Crippen LogP contribution in [0, 0.1) is 0 Å². The molecule has 0 aromatic rings. The molecule has 0 aliphatic rings. The molecule has 0 amide bonds. The van der Waals surface area contributed by atoms with Crippen LogP contribution >= 0.6 is 0 Å². The van der Waals surface area contributed by atoms with Crippen molar-refractivity contribution in [1.29, 1.82) is 0 Å². The predicted molar refractivity (Wildman–Crippen MR) is 54.1 cm³/mol. The zero-order chi connectivity index (χ0) is 12.3. The van der Waals surface area contributed by atoms with Crippen LogP contribution in [0.5, 0.6) is 0 Å². The minimum Gasteiger partial charge on any atom is -0.550 e. The second-order valence-electron chi connectivity index (χ2n) is 3.17. The number of rotatable bonds is 5. The number of carbonyl (C=O) groups excluding carboxylic acids is 2. The van der Waals surface area contributed by atoms with E-state index >= 15 is 0 Å². The minimum absolute atomic E-state index is 0.334. The molecule has 0 atom stereocenters. The summed E-state index contributed by atoms with van der Waals surface area (Å²) in [5.41, 5.74) is 0. The second-order valence-corrected chi connectivity index (χ2v) is 3.17. The molecule has 0 bridgehead atoms. The van der Waals surface area contributed by atoms with Crippen LogP contribution < -0.4 is 10.0 Å². The number of carboxylic acid groups (broad SMARTS) is 1. The van der Waals surface area contributed by atoms with Crippen LogP contribution in [0.15, 0.2) is 12.7 Å². The van der Waals surface area contributed by atoms with Crippen molar-refractivity contribution in [3.63, 3.8) is 0 Å². The standard InChI is InChI=1S/C8H15NO2.C2H4O2/c1-4-8(10)11-7-5-6-9(2)3;1-2(3)4/h4H,1,5-7H2,2-3H3;1H3,(H,3,4). The SMILES string of the molecule is C=CC(=O)OCCC[NH+](C)C.CC(=O)[O-]. The Labute approximate surface area is 90.3 Å². The summed E-state index contributed by atoms with van der Waals surface area (Å²) in [5, 5.41) is 8.89. The Morgan fingerprint density at radius 1 is 1.47 bits per heavy atom. The van der Waals surface area contributed by atoms with Gasteiger partial charge in [0.1, 0.15) is 0 Å². The molecule has 5 heteroatoms. The summed E-state index contributed by atoms with van der Waals surface area (Å²) in [6.45, 7) is 5.78. The first-order chi connectivity index (χ1) is 6.90. The van der Waals surface area contributed by atoms with Crippen molar-refractivity contribution < 1.29 is 24.3 Å². The van der Waals surface area contributed by atoms with E-state index in [1.807, 2.05) is 0 Å². The maximum absolute atomic E-state index is 10.5. The van der Waals surface area contributed by atoms with Gasteiger partial charge >= 0.3 is 5.97 Å². The lowest BCUT2D eigenvalue weighted by Gasteiger charge is -2.06. The van der Waals surface area contributed by atoms with E-state index in [1.165, 1.54) is 11.0 Å². The fourth-order valence-electron chi connectivity index (χ4n) is 0.657. The van der Waals surface area contributed by atoms with Crippen LogP contribution in [-0.2, 0) is 14.3 Å². The monoisotopic (exact) mass is 217 g/mol. The number of carbonyl (C=O) groups is 2. The number of ether oxygens (including phenoxy) is 1. The molecule has 0 unspecified atom stereocenters. The number of quaternary nitrogens is 1. The van der Waals surface area contributed by atoms with Crippen LogP contribution in [0.2, 0.25) is 0 Å². The molecule has 0 heterocycles. The van der Waals surface area contributed by atoms with Gasteiger partial charge in [-0.3, -0.25) is 0 Å². The van der Waals surface area contributed by atoms with Gasteiger partial charge in [-0.25, -0.2) is 4.79 Å². The van der Waals surface area contributed by atoms with Gasteiger partial charge in [-0.05, 0) is 6.92 Å². The fraction of sp³-hybridized carbons (Fsp3) is 0.600. The van der Waals surface area contributed by atoms with Crippen molar-refractivity contribution in [2.75, 3.05) is 27.2 Å². The molecule has 0 spiro atoms. The molecular weight excluding hydrogens is 198 g/mol. The molecule has 5 nitrogen and oxygen atoms in total. The number of hydrogen-bond donors (Lipinski definition) is 1. The maximum atomic E-state index is 10.5. The van der Waals surface area contributed by atoms with Gasteiger partial charge in [-0.2, -0.15) is 0 Å². The zero-order valence-electron chi connectivity index (χ0n) is 9.54. The summed E-state index contributed by atoms with van der Waals surface area (Å²) < 4.78 is 4.77. The average molecular weight is 217 g/mol. The molecule has 15 heavy (non-hydrogen) atoms. The van der Waals surface area contributed by atoms with E-state index in [2.05, 4.69) is 20.7 Å². The molecule has 0 radical (unpaired) electrons. The predicted octanol–water partition coefficient (Wildman–Crippen LogP) is -1.99. The number of aliphatic carboxylic acids is 1. The highest BCUT2D eigenvalue weighted by Gasteiger charge is 1.96. The number of hydrogen-bond acceptors (Lipinski definition) is 4. The van der Waals surface area contributed by atoms with Gasteiger partial charge in [-0.1, -0.05) is 6.58 Å². The Balaban J connectivity index is 0. The lowest BCUT2D eigenvalue weighted by atomic mass is 10.4. The highest BCUT2D eigenvalue weighted by Crippen LogP contribution is 1.81. The highest BCUT2D eigenvalue weighted by atomic mass is 16.5. The van der Waals surface area contributed by atoms with E-state index in [-0.39, 0.29) is 5.97 Å². The van der Waals surface area contributed by atoms with Gasteiger partial charge in [-0.15, -0.1) is 0 Å². The summed E-state index contributed by atoms with van der Waals surface area (Å²) in [4.78, 5) is 20.8. The summed E-state index contributed by atoms with van der Waals surface area (Å²) in [7, 11) is 4.13. The molecule has 88 valence electrons. The van der Waals surface area contributed by atoms with E-state index in [4.69, 9.17) is 14.6 Å². The van der Waals surface area contributed by atoms with Crippen molar-refractivity contribution >= 4 is 11.9 Å². The Morgan fingerprint density at radius 3 is 2.27 bits per heavy atom. The van der Waals surface area contributed by atoms with Crippen LogP contribution in [0.3, 0.4) is 0 Å². The Kier molecular flexibility index (Phi) is 11.5. The second kappa shape index (κ2) is 10.7. The molecular formula is C10H19NO4. The van der Waals surface area contributed by atoms with Crippen LogP contribution in [0.25, 0.3) is 0 Å². The van der Waals surface area contributed by atoms with Gasteiger partial charge in [0, 0.05) is 18.5 Å². The first kappa shape index (κ1) is 16.1. The summed E-state index contributed by atoms with van der Waals surface area (Å²) in [6.07, 6.45) is 2.09. The first-order valence-corrected chi connectivity index (χ1v) is 4.66. The molecule has 0 aliphatic carbocycles. The highest BCUT2D eigenvalue weighted by molar-refractivity contribution is 5.81. The van der Waals surface area contributed by atoms with Gasteiger partial charge in [0.25, 0.3) is 0 Å². The van der Waals surface area contributed by atoms with Crippen molar-refractivity contribution in [2.45, 2.75) is 13.3 Å². The molecule has 0 rings (SSSR count). The smallest absolute Gasteiger partial charge is 0.330 e. The largest absolute Gasteiger partial charge is 0.550 e. The van der Waals surface area contributed by atoms with Gasteiger partial charge in [0.05, 0.1) is 27.2 Å². The number of carboxylic acids is 1. The third-order valence-electron chi connectivity index (χ3n) is 1.23. The van der Waals surface area contributed by atoms with Crippen LogP contribution in [0.1, 0.15) is 13.3 Å².